The number of rotatable bonds is 3. The van der Waals surface area contributed by atoms with Crippen molar-refractivity contribution in [2.75, 3.05) is 30.1 Å². The van der Waals surface area contributed by atoms with Crippen LogP contribution in [-0.2, 0) is 0 Å². The highest BCUT2D eigenvalue weighted by Gasteiger charge is 2.25. The van der Waals surface area contributed by atoms with Gasteiger partial charge in [0.15, 0.2) is 5.17 Å². The third kappa shape index (κ3) is 3.66. The lowest BCUT2D eigenvalue weighted by atomic mass is 9.97. The van der Waals surface area contributed by atoms with Crippen LogP contribution in [0, 0.1) is 0 Å². The molecule has 3 nitrogen and oxygen atoms in total. The van der Waals surface area contributed by atoms with E-state index in [4.69, 9.17) is 4.99 Å². The number of nitrogens with one attached hydrogen (secondary N) is 1. The standard InChI is InChI=1S/C15H23N3S/c1-5-15(2)9-10-19-14(17-15)16-12-7-6-8-13(11-12)18(3)4/h6-8,11H,5,9-10H2,1-4H3,(H,16,17). The maximum atomic E-state index is 4.86. The molecule has 19 heavy (non-hydrogen) atoms. The van der Waals surface area contributed by atoms with Gasteiger partial charge in [-0.25, -0.2) is 0 Å². The van der Waals surface area contributed by atoms with Crippen molar-refractivity contribution in [3.63, 3.8) is 0 Å². The van der Waals surface area contributed by atoms with Crippen LogP contribution in [0.5, 0.6) is 0 Å². The molecule has 0 spiro atoms. The summed E-state index contributed by atoms with van der Waals surface area (Å²) in [5.41, 5.74) is 2.41. The maximum absolute atomic E-state index is 4.86. The number of thioether (sulfide) groups is 1. The highest BCUT2D eigenvalue weighted by Crippen LogP contribution is 2.30. The summed E-state index contributed by atoms with van der Waals surface area (Å²) in [4.78, 5) is 6.97. The molecule has 4 heteroatoms. The Morgan fingerprint density at radius 2 is 2.21 bits per heavy atom. The van der Waals surface area contributed by atoms with Crippen molar-refractivity contribution < 1.29 is 0 Å². The van der Waals surface area contributed by atoms with Crippen molar-refractivity contribution in [2.45, 2.75) is 32.2 Å². The molecule has 0 fully saturated rings. The molecule has 2 rings (SSSR count). The Labute approximate surface area is 120 Å². The third-order valence-corrected chi connectivity index (χ3v) is 4.50. The summed E-state index contributed by atoms with van der Waals surface area (Å²) in [5, 5.41) is 4.50. The van der Waals surface area contributed by atoms with Crippen LogP contribution >= 0.6 is 11.8 Å². The van der Waals surface area contributed by atoms with Gasteiger partial charge in [0.05, 0.1) is 5.54 Å². The lowest BCUT2D eigenvalue weighted by Crippen LogP contribution is -2.29. The fourth-order valence-electron chi connectivity index (χ4n) is 2.01. The zero-order chi connectivity index (χ0) is 13.9. The Bertz CT molecular complexity index is 470. The van der Waals surface area contributed by atoms with Crippen LogP contribution in [0.2, 0.25) is 0 Å². The van der Waals surface area contributed by atoms with Gasteiger partial charge in [-0.15, -0.1) is 0 Å². The number of benzene rings is 1. The van der Waals surface area contributed by atoms with Crippen molar-refractivity contribution in [1.82, 2.24) is 0 Å². The van der Waals surface area contributed by atoms with Gasteiger partial charge in [0.1, 0.15) is 0 Å². The maximum Gasteiger partial charge on any atom is 0.161 e. The van der Waals surface area contributed by atoms with Crippen LogP contribution in [0.4, 0.5) is 11.4 Å². The number of nitrogens with zero attached hydrogens (tertiary/aromatic N) is 2. The minimum absolute atomic E-state index is 0.104. The Morgan fingerprint density at radius 3 is 2.89 bits per heavy atom. The Morgan fingerprint density at radius 1 is 1.42 bits per heavy atom. The molecule has 1 aromatic rings. The van der Waals surface area contributed by atoms with E-state index in [0.717, 1.165) is 29.4 Å². The molecule has 1 unspecified atom stereocenters. The number of hydrogen-bond donors (Lipinski definition) is 1. The normalized spacial score (nSPS) is 22.8. The molecule has 0 bridgehead atoms. The lowest BCUT2D eigenvalue weighted by Gasteiger charge is -2.29. The first kappa shape index (κ1) is 14.3. The topological polar surface area (TPSA) is 27.6 Å². The van der Waals surface area contributed by atoms with Gasteiger partial charge in [0.2, 0.25) is 0 Å². The molecule has 1 N–H and O–H groups in total. The highest BCUT2D eigenvalue weighted by molar-refractivity contribution is 8.14. The van der Waals surface area contributed by atoms with Crippen molar-refractivity contribution in [3.05, 3.63) is 24.3 Å². The van der Waals surface area contributed by atoms with Crippen LogP contribution in [0.15, 0.2) is 29.3 Å². The van der Waals surface area contributed by atoms with Crippen LogP contribution < -0.4 is 10.2 Å². The van der Waals surface area contributed by atoms with Gasteiger partial charge in [0, 0.05) is 31.2 Å². The average molecular weight is 277 g/mol. The molecule has 0 saturated carbocycles. The Balaban J connectivity index is 2.15. The van der Waals surface area contributed by atoms with E-state index in [0.29, 0.717) is 0 Å². The predicted octanol–water partition coefficient (Wildman–Crippen LogP) is 3.83. The quantitative estimate of drug-likeness (QED) is 0.910. The number of amidine groups is 1. The van der Waals surface area contributed by atoms with Gasteiger partial charge in [-0.2, -0.15) is 0 Å². The second kappa shape index (κ2) is 5.87. The fourth-order valence-corrected chi connectivity index (χ4v) is 3.22. The second-order valence-corrected chi connectivity index (χ2v) is 6.52. The Kier molecular flexibility index (Phi) is 4.40. The van der Waals surface area contributed by atoms with Gasteiger partial charge in [-0.3, -0.25) is 4.99 Å². The van der Waals surface area contributed by atoms with Crippen LogP contribution in [0.3, 0.4) is 0 Å². The van der Waals surface area contributed by atoms with Gasteiger partial charge in [-0.05, 0) is 38.0 Å². The molecule has 0 aliphatic carbocycles. The van der Waals surface area contributed by atoms with E-state index in [1.54, 1.807) is 0 Å². The first-order chi connectivity index (χ1) is 9.02. The van der Waals surface area contributed by atoms with Crippen LogP contribution in [0.25, 0.3) is 0 Å². The summed E-state index contributed by atoms with van der Waals surface area (Å²) in [6, 6.07) is 8.43. The molecule has 1 aliphatic rings. The van der Waals surface area contributed by atoms with E-state index in [9.17, 15) is 0 Å². The monoisotopic (exact) mass is 277 g/mol. The number of hydrogen-bond acceptors (Lipinski definition) is 4. The zero-order valence-corrected chi connectivity index (χ0v) is 13.0. The van der Waals surface area contributed by atoms with Gasteiger partial charge < -0.3 is 10.2 Å². The summed E-state index contributed by atoms with van der Waals surface area (Å²) in [6.07, 6.45) is 2.26. The highest BCUT2D eigenvalue weighted by atomic mass is 32.2. The van der Waals surface area contributed by atoms with E-state index in [2.05, 4.69) is 62.4 Å². The third-order valence-electron chi connectivity index (χ3n) is 3.63. The molecule has 1 aromatic carbocycles. The smallest absolute Gasteiger partial charge is 0.161 e. The largest absolute Gasteiger partial charge is 0.378 e. The average Bonchev–Trinajstić information content (AvgIpc) is 2.39. The molecule has 0 amide bonds. The summed E-state index contributed by atoms with van der Waals surface area (Å²) in [5.74, 6) is 1.14. The fraction of sp³-hybridized carbons (Fsp3) is 0.533. The molecular formula is C15H23N3S. The van der Waals surface area contributed by atoms with Crippen molar-refractivity contribution in [2.24, 2.45) is 4.99 Å². The van der Waals surface area contributed by atoms with Crippen molar-refractivity contribution >= 4 is 28.3 Å². The van der Waals surface area contributed by atoms with Gasteiger partial charge in [-0.1, -0.05) is 24.8 Å². The molecule has 0 radical (unpaired) electrons. The van der Waals surface area contributed by atoms with Crippen LogP contribution in [0.1, 0.15) is 26.7 Å². The first-order valence-corrected chi connectivity index (χ1v) is 7.78. The minimum atomic E-state index is 0.104. The first-order valence-electron chi connectivity index (χ1n) is 6.79. The molecule has 0 aromatic heterocycles. The molecule has 1 heterocycles. The van der Waals surface area contributed by atoms with E-state index in [-0.39, 0.29) is 5.54 Å². The molecular weight excluding hydrogens is 254 g/mol. The lowest BCUT2D eigenvalue weighted by molar-refractivity contribution is 0.443. The second-order valence-electron chi connectivity index (χ2n) is 5.44. The zero-order valence-electron chi connectivity index (χ0n) is 12.2. The van der Waals surface area contributed by atoms with E-state index in [1.165, 1.54) is 5.69 Å². The van der Waals surface area contributed by atoms with Crippen molar-refractivity contribution in [3.8, 4) is 0 Å². The molecule has 0 saturated heterocycles. The molecule has 1 atom stereocenters. The summed E-state index contributed by atoms with van der Waals surface area (Å²) >= 11 is 1.82. The summed E-state index contributed by atoms with van der Waals surface area (Å²) < 4.78 is 0. The number of anilines is 2. The Hall–Kier alpha value is -1.16. The summed E-state index contributed by atoms with van der Waals surface area (Å²) in [7, 11) is 4.11. The number of aliphatic imine (C=N–C) groups is 1. The van der Waals surface area contributed by atoms with Crippen molar-refractivity contribution in [1.29, 1.82) is 0 Å². The van der Waals surface area contributed by atoms with E-state index in [1.807, 2.05) is 11.8 Å². The van der Waals surface area contributed by atoms with E-state index >= 15 is 0 Å². The van der Waals surface area contributed by atoms with E-state index < -0.39 is 0 Å². The summed E-state index contributed by atoms with van der Waals surface area (Å²) in [6.45, 7) is 4.45. The van der Waals surface area contributed by atoms with Crippen LogP contribution in [-0.4, -0.2) is 30.6 Å². The minimum Gasteiger partial charge on any atom is -0.378 e. The predicted molar refractivity (Wildman–Crippen MR) is 87.6 cm³/mol. The van der Waals surface area contributed by atoms with Gasteiger partial charge in [0.25, 0.3) is 0 Å². The molecule has 104 valence electrons. The SMILES string of the molecule is CCC1(C)CCSC(Nc2cccc(N(C)C)c2)=N1. The van der Waals surface area contributed by atoms with Gasteiger partial charge >= 0.3 is 0 Å². The molecule has 1 aliphatic heterocycles.